The zero-order valence-electron chi connectivity index (χ0n) is 14.0. The molecule has 0 amide bonds. The SMILES string of the molecule is Cn1c(=O)n(CCC(=O)OCC(=O)C(C)(C)C)c2ccccc21. The van der Waals surface area contributed by atoms with Crippen LogP contribution in [0.25, 0.3) is 11.0 Å². The Bertz CT molecular complexity index is 793. The lowest BCUT2D eigenvalue weighted by Crippen LogP contribution is -2.27. The van der Waals surface area contributed by atoms with Crippen molar-refractivity contribution in [1.29, 1.82) is 0 Å². The first-order chi connectivity index (χ1) is 10.7. The maximum absolute atomic E-state index is 12.2. The molecule has 0 fully saturated rings. The predicted octanol–water partition coefficient (Wildman–Crippen LogP) is 1.89. The molecule has 1 aromatic carbocycles. The van der Waals surface area contributed by atoms with E-state index in [1.54, 1.807) is 37.0 Å². The van der Waals surface area contributed by atoms with Crippen LogP contribution in [0.5, 0.6) is 0 Å². The van der Waals surface area contributed by atoms with Crippen molar-refractivity contribution in [2.75, 3.05) is 6.61 Å². The van der Waals surface area contributed by atoms with Crippen LogP contribution in [0.15, 0.2) is 29.1 Å². The molecule has 0 radical (unpaired) electrons. The summed E-state index contributed by atoms with van der Waals surface area (Å²) in [4.78, 5) is 35.8. The van der Waals surface area contributed by atoms with Crippen molar-refractivity contribution in [2.24, 2.45) is 12.5 Å². The highest BCUT2D eigenvalue weighted by Crippen LogP contribution is 2.15. The molecule has 0 unspecified atom stereocenters. The van der Waals surface area contributed by atoms with Gasteiger partial charge in [-0.1, -0.05) is 32.9 Å². The van der Waals surface area contributed by atoms with Crippen LogP contribution in [0.2, 0.25) is 0 Å². The molecular weight excluding hydrogens is 296 g/mol. The number of hydrogen-bond donors (Lipinski definition) is 0. The Balaban J connectivity index is 2.02. The second-order valence-electron chi connectivity index (χ2n) is 6.57. The van der Waals surface area contributed by atoms with E-state index < -0.39 is 11.4 Å². The first kappa shape index (κ1) is 17.0. The fraction of sp³-hybridized carbons (Fsp3) is 0.471. The molecule has 0 aliphatic heterocycles. The molecule has 0 saturated heterocycles. The van der Waals surface area contributed by atoms with E-state index in [1.807, 2.05) is 24.3 Å². The highest BCUT2D eigenvalue weighted by Gasteiger charge is 2.22. The van der Waals surface area contributed by atoms with Gasteiger partial charge in [-0.2, -0.15) is 0 Å². The largest absolute Gasteiger partial charge is 0.458 e. The Labute approximate surface area is 134 Å². The number of rotatable bonds is 5. The summed E-state index contributed by atoms with van der Waals surface area (Å²) in [5, 5.41) is 0. The summed E-state index contributed by atoms with van der Waals surface area (Å²) in [6.45, 7) is 5.33. The molecule has 0 bridgehead atoms. The Hall–Kier alpha value is -2.37. The molecule has 6 heteroatoms. The molecule has 0 atom stereocenters. The summed E-state index contributed by atoms with van der Waals surface area (Å²) in [6, 6.07) is 7.40. The number of aryl methyl sites for hydroxylation is 2. The lowest BCUT2D eigenvalue weighted by Gasteiger charge is -2.16. The highest BCUT2D eigenvalue weighted by atomic mass is 16.5. The maximum atomic E-state index is 12.2. The van der Waals surface area contributed by atoms with Crippen LogP contribution in [0.3, 0.4) is 0 Å². The van der Waals surface area contributed by atoms with Crippen molar-refractivity contribution in [3.63, 3.8) is 0 Å². The second kappa shape index (κ2) is 6.40. The molecule has 124 valence electrons. The van der Waals surface area contributed by atoms with E-state index in [2.05, 4.69) is 0 Å². The number of aromatic nitrogens is 2. The average molecular weight is 318 g/mol. The van der Waals surface area contributed by atoms with Crippen LogP contribution in [0.1, 0.15) is 27.2 Å². The van der Waals surface area contributed by atoms with Crippen LogP contribution in [0.4, 0.5) is 0 Å². The molecule has 1 heterocycles. The van der Waals surface area contributed by atoms with Gasteiger partial charge in [0.2, 0.25) is 0 Å². The van der Waals surface area contributed by atoms with Crippen molar-refractivity contribution < 1.29 is 14.3 Å². The molecule has 2 rings (SSSR count). The molecule has 0 spiro atoms. The van der Waals surface area contributed by atoms with Crippen LogP contribution >= 0.6 is 0 Å². The van der Waals surface area contributed by atoms with E-state index >= 15 is 0 Å². The first-order valence-corrected chi connectivity index (χ1v) is 7.55. The summed E-state index contributed by atoms with van der Waals surface area (Å²) in [6.07, 6.45) is 0.0470. The van der Waals surface area contributed by atoms with Crippen molar-refractivity contribution in [2.45, 2.75) is 33.7 Å². The van der Waals surface area contributed by atoms with Gasteiger partial charge in [-0.15, -0.1) is 0 Å². The molecule has 0 saturated carbocycles. The molecule has 1 aromatic heterocycles. The van der Waals surface area contributed by atoms with Gasteiger partial charge in [0.05, 0.1) is 17.5 Å². The van der Waals surface area contributed by atoms with Gasteiger partial charge < -0.3 is 4.74 Å². The number of carbonyl (C=O) groups excluding carboxylic acids is 2. The smallest absolute Gasteiger partial charge is 0.328 e. The molecular formula is C17H22N2O4. The number of ketones is 1. The first-order valence-electron chi connectivity index (χ1n) is 7.55. The van der Waals surface area contributed by atoms with Crippen LogP contribution in [-0.4, -0.2) is 27.5 Å². The van der Waals surface area contributed by atoms with E-state index in [1.165, 1.54) is 0 Å². The second-order valence-corrected chi connectivity index (χ2v) is 6.57. The van der Waals surface area contributed by atoms with Gasteiger partial charge in [-0.25, -0.2) is 4.79 Å². The third kappa shape index (κ3) is 3.70. The number of Topliss-reactive ketones (excluding diaryl/α,β-unsaturated/α-hetero) is 1. The Morgan fingerprint density at radius 2 is 1.74 bits per heavy atom. The zero-order valence-corrected chi connectivity index (χ0v) is 14.0. The van der Waals surface area contributed by atoms with Crippen molar-refractivity contribution >= 4 is 22.8 Å². The van der Waals surface area contributed by atoms with Gasteiger partial charge in [0.1, 0.15) is 0 Å². The zero-order chi connectivity index (χ0) is 17.2. The van der Waals surface area contributed by atoms with E-state index in [9.17, 15) is 14.4 Å². The third-order valence-electron chi connectivity index (χ3n) is 3.79. The van der Waals surface area contributed by atoms with Gasteiger partial charge in [-0.3, -0.25) is 18.7 Å². The number of para-hydroxylation sites is 2. The summed E-state index contributed by atoms with van der Waals surface area (Å²) >= 11 is 0. The van der Waals surface area contributed by atoms with Crippen LogP contribution < -0.4 is 5.69 Å². The third-order valence-corrected chi connectivity index (χ3v) is 3.79. The summed E-state index contributed by atoms with van der Waals surface area (Å²) < 4.78 is 8.09. The Morgan fingerprint density at radius 1 is 1.13 bits per heavy atom. The van der Waals surface area contributed by atoms with Crippen molar-refractivity contribution in [3.05, 3.63) is 34.7 Å². The average Bonchev–Trinajstić information content (AvgIpc) is 2.74. The number of imidazole rings is 1. The predicted molar refractivity (Wildman–Crippen MR) is 87.2 cm³/mol. The maximum Gasteiger partial charge on any atom is 0.328 e. The van der Waals surface area contributed by atoms with E-state index in [4.69, 9.17) is 4.74 Å². The Kier molecular flexibility index (Phi) is 4.73. The summed E-state index contributed by atoms with van der Waals surface area (Å²) in [7, 11) is 1.70. The number of hydrogen-bond acceptors (Lipinski definition) is 4. The normalized spacial score (nSPS) is 11.7. The molecule has 0 aliphatic carbocycles. The van der Waals surface area contributed by atoms with Crippen LogP contribution in [-0.2, 0) is 27.9 Å². The summed E-state index contributed by atoms with van der Waals surface area (Å²) in [5.74, 6) is -0.615. The topological polar surface area (TPSA) is 70.3 Å². The fourth-order valence-electron chi connectivity index (χ4n) is 2.22. The van der Waals surface area contributed by atoms with E-state index in [0.717, 1.165) is 11.0 Å². The number of carbonyl (C=O) groups is 2. The fourth-order valence-corrected chi connectivity index (χ4v) is 2.22. The monoisotopic (exact) mass is 318 g/mol. The molecule has 6 nitrogen and oxygen atoms in total. The lowest BCUT2D eigenvalue weighted by atomic mass is 9.91. The highest BCUT2D eigenvalue weighted by molar-refractivity contribution is 5.86. The minimum Gasteiger partial charge on any atom is -0.458 e. The van der Waals surface area contributed by atoms with Crippen molar-refractivity contribution in [3.8, 4) is 0 Å². The number of esters is 1. The van der Waals surface area contributed by atoms with Gasteiger partial charge in [0.15, 0.2) is 12.4 Å². The molecule has 2 aromatic rings. The van der Waals surface area contributed by atoms with Gasteiger partial charge in [0, 0.05) is 19.0 Å². The number of fused-ring (bicyclic) bond motifs is 1. The number of benzene rings is 1. The van der Waals surface area contributed by atoms with Crippen LogP contribution in [0, 0.1) is 5.41 Å². The standard InChI is InChI=1S/C17H22N2O4/c1-17(2,3)14(20)11-23-15(21)9-10-19-13-8-6-5-7-12(13)18(4)16(19)22/h5-8H,9-11H2,1-4H3. The molecule has 0 aliphatic rings. The lowest BCUT2D eigenvalue weighted by molar-refractivity contribution is -0.150. The number of nitrogens with zero attached hydrogens (tertiary/aromatic N) is 2. The van der Waals surface area contributed by atoms with Crippen molar-refractivity contribution in [1.82, 2.24) is 9.13 Å². The van der Waals surface area contributed by atoms with Gasteiger partial charge in [0.25, 0.3) is 0 Å². The van der Waals surface area contributed by atoms with E-state index in [-0.39, 0.29) is 31.0 Å². The Morgan fingerprint density at radius 3 is 2.35 bits per heavy atom. The number of ether oxygens (including phenoxy) is 1. The molecule has 0 N–H and O–H groups in total. The minimum atomic E-state index is -0.535. The van der Waals surface area contributed by atoms with E-state index in [0.29, 0.717) is 0 Å². The van der Waals surface area contributed by atoms with Gasteiger partial charge >= 0.3 is 11.7 Å². The van der Waals surface area contributed by atoms with Gasteiger partial charge in [-0.05, 0) is 12.1 Å². The quantitative estimate of drug-likeness (QED) is 0.789. The molecule has 23 heavy (non-hydrogen) atoms. The minimum absolute atomic E-state index is 0.0470. The summed E-state index contributed by atoms with van der Waals surface area (Å²) in [5.41, 5.74) is 0.879.